The monoisotopic (exact) mass is 191 g/mol. The summed E-state index contributed by atoms with van der Waals surface area (Å²) in [5.41, 5.74) is 4.05. The van der Waals surface area contributed by atoms with Crippen molar-refractivity contribution in [2.24, 2.45) is 5.92 Å². The minimum absolute atomic E-state index is 0.514. The summed E-state index contributed by atoms with van der Waals surface area (Å²) in [4.78, 5) is 0. The van der Waals surface area contributed by atoms with Crippen LogP contribution < -0.4 is 5.43 Å². The maximum absolute atomic E-state index is 8.72. The zero-order chi connectivity index (χ0) is 10.4. The van der Waals surface area contributed by atoms with Gasteiger partial charge in [0.15, 0.2) is 0 Å². The van der Waals surface area contributed by atoms with Crippen LogP contribution in [-0.4, -0.2) is 12.1 Å². The van der Waals surface area contributed by atoms with Gasteiger partial charge in [0.2, 0.25) is 0 Å². The standard InChI is InChI=1S/C11H17N3/c1-3-14(13-2)11(8-9-12)10-6-4-5-7-10/h3,8,10,13H,1,4-7H2,2H3/b11-8-. The van der Waals surface area contributed by atoms with Crippen LogP contribution in [0.1, 0.15) is 25.7 Å². The van der Waals surface area contributed by atoms with Gasteiger partial charge in [0, 0.05) is 30.9 Å². The third kappa shape index (κ3) is 2.36. The fraction of sp³-hybridized carbons (Fsp3) is 0.545. The number of hydrogen-bond acceptors (Lipinski definition) is 3. The average molecular weight is 191 g/mol. The van der Waals surface area contributed by atoms with Crippen molar-refractivity contribution in [1.82, 2.24) is 10.4 Å². The molecule has 0 aliphatic heterocycles. The lowest BCUT2D eigenvalue weighted by Gasteiger charge is -2.25. The van der Waals surface area contributed by atoms with Crippen molar-refractivity contribution in [3.8, 4) is 6.07 Å². The molecule has 0 amide bonds. The molecule has 1 rings (SSSR count). The van der Waals surface area contributed by atoms with E-state index in [2.05, 4.69) is 18.1 Å². The van der Waals surface area contributed by atoms with Gasteiger partial charge in [0.1, 0.15) is 0 Å². The fourth-order valence-corrected chi connectivity index (χ4v) is 2.00. The average Bonchev–Trinajstić information content (AvgIpc) is 2.71. The normalized spacial score (nSPS) is 17.9. The molecule has 0 aromatic heterocycles. The first-order chi connectivity index (χ1) is 6.83. The van der Waals surface area contributed by atoms with Crippen LogP contribution in [-0.2, 0) is 0 Å². The first-order valence-electron chi connectivity index (χ1n) is 5.02. The predicted octanol–water partition coefficient (Wildman–Crippen LogP) is 2.16. The molecular weight excluding hydrogens is 174 g/mol. The van der Waals surface area contributed by atoms with Gasteiger partial charge in [0.25, 0.3) is 0 Å². The van der Waals surface area contributed by atoms with Gasteiger partial charge in [-0.1, -0.05) is 19.4 Å². The van der Waals surface area contributed by atoms with Gasteiger partial charge in [0.05, 0.1) is 6.07 Å². The van der Waals surface area contributed by atoms with Crippen LogP contribution in [0.3, 0.4) is 0 Å². The molecule has 3 nitrogen and oxygen atoms in total. The van der Waals surface area contributed by atoms with E-state index in [1.807, 2.05) is 12.1 Å². The Hall–Kier alpha value is -1.27. The third-order valence-electron chi connectivity index (χ3n) is 2.69. The molecule has 1 aliphatic carbocycles. The Balaban J connectivity index is 2.77. The second kappa shape index (κ2) is 5.46. The Morgan fingerprint density at radius 2 is 2.21 bits per heavy atom. The van der Waals surface area contributed by atoms with Gasteiger partial charge in [-0.2, -0.15) is 5.26 Å². The quantitative estimate of drug-likeness (QED) is 0.546. The van der Waals surface area contributed by atoms with Gasteiger partial charge in [-0.05, 0) is 12.8 Å². The maximum Gasteiger partial charge on any atom is 0.0931 e. The molecule has 0 saturated heterocycles. The molecular formula is C11H17N3. The summed E-state index contributed by atoms with van der Waals surface area (Å²) in [6, 6.07) is 2.10. The van der Waals surface area contributed by atoms with Gasteiger partial charge >= 0.3 is 0 Å². The molecule has 0 spiro atoms. The number of nitrogens with one attached hydrogen (secondary N) is 1. The van der Waals surface area contributed by atoms with Crippen LogP contribution in [0.25, 0.3) is 0 Å². The molecule has 0 bridgehead atoms. The Morgan fingerprint density at radius 3 is 2.64 bits per heavy atom. The summed E-state index contributed by atoms with van der Waals surface area (Å²) in [6.45, 7) is 3.72. The van der Waals surface area contributed by atoms with Crippen LogP contribution in [0.2, 0.25) is 0 Å². The summed E-state index contributed by atoms with van der Waals surface area (Å²) in [5.74, 6) is 0.514. The summed E-state index contributed by atoms with van der Waals surface area (Å²) in [5, 5.41) is 10.6. The van der Waals surface area contributed by atoms with Crippen molar-refractivity contribution in [3.63, 3.8) is 0 Å². The highest BCUT2D eigenvalue weighted by molar-refractivity contribution is 5.17. The molecule has 0 unspecified atom stereocenters. The summed E-state index contributed by atoms with van der Waals surface area (Å²) in [7, 11) is 1.84. The minimum atomic E-state index is 0.514. The van der Waals surface area contributed by atoms with E-state index in [9.17, 15) is 0 Å². The van der Waals surface area contributed by atoms with Crippen LogP contribution in [0, 0.1) is 17.2 Å². The van der Waals surface area contributed by atoms with Gasteiger partial charge < -0.3 is 0 Å². The fourth-order valence-electron chi connectivity index (χ4n) is 2.00. The van der Waals surface area contributed by atoms with Gasteiger partial charge in [-0.3, -0.25) is 5.01 Å². The molecule has 0 atom stereocenters. The zero-order valence-corrected chi connectivity index (χ0v) is 8.66. The molecule has 0 aromatic carbocycles. The highest BCUT2D eigenvalue weighted by atomic mass is 15.5. The molecule has 1 aliphatic rings. The van der Waals surface area contributed by atoms with Crippen LogP contribution in [0.5, 0.6) is 0 Å². The number of nitrogens with zero attached hydrogens (tertiary/aromatic N) is 2. The first-order valence-corrected chi connectivity index (χ1v) is 5.02. The van der Waals surface area contributed by atoms with Crippen molar-refractivity contribution < 1.29 is 0 Å². The lowest BCUT2D eigenvalue weighted by molar-refractivity contribution is 0.326. The number of hydrogen-bond donors (Lipinski definition) is 1. The Labute approximate surface area is 85.7 Å². The molecule has 0 heterocycles. The molecule has 3 heteroatoms. The third-order valence-corrected chi connectivity index (χ3v) is 2.69. The topological polar surface area (TPSA) is 39.1 Å². The van der Waals surface area contributed by atoms with Crippen molar-refractivity contribution in [2.45, 2.75) is 25.7 Å². The van der Waals surface area contributed by atoms with Crippen molar-refractivity contribution in [2.75, 3.05) is 7.05 Å². The highest BCUT2D eigenvalue weighted by Gasteiger charge is 2.22. The van der Waals surface area contributed by atoms with Crippen molar-refractivity contribution >= 4 is 0 Å². The van der Waals surface area contributed by atoms with Crippen LogP contribution >= 0.6 is 0 Å². The van der Waals surface area contributed by atoms with Crippen LogP contribution in [0.15, 0.2) is 24.6 Å². The number of hydrazine groups is 1. The second-order valence-electron chi connectivity index (χ2n) is 3.46. The number of nitriles is 1. The molecule has 0 aromatic rings. The Morgan fingerprint density at radius 1 is 1.57 bits per heavy atom. The van der Waals surface area contributed by atoms with E-state index in [0.29, 0.717) is 5.92 Å². The lowest BCUT2D eigenvalue weighted by atomic mass is 10.0. The number of rotatable bonds is 4. The van der Waals surface area contributed by atoms with E-state index in [-0.39, 0.29) is 0 Å². The molecule has 1 saturated carbocycles. The van der Waals surface area contributed by atoms with Crippen molar-refractivity contribution in [3.05, 3.63) is 24.6 Å². The molecule has 76 valence electrons. The van der Waals surface area contributed by atoms with Gasteiger partial charge in [-0.15, -0.1) is 0 Å². The minimum Gasteiger partial charge on any atom is -0.288 e. The van der Waals surface area contributed by atoms with E-state index in [4.69, 9.17) is 5.26 Å². The summed E-state index contributed by atoms with van der Waals surface area (Å²) >= 11 is 0. The van der Waals surface area contributed by atoms with E-state index in [0.717, 1.165) is 5.70 Å². The Kier molecular flexibility index (Phi) is 4.21. The zero-order valence-electron chi connectivity index (χ0n) is 8.66. The Bertz CT molecular complexity index is 256. The second-order valence-corrected chi connectivity index (χ2v) is 3.46. The van der Waals surface area contributed by atoms with Gasteiger partial charge in [-0.25, -0.2) is 5.43 Å². The highest BCUT2D eigenvalue weighted by Crippen LogP contribution is 2.32. The first kappa shape index (κ1) is 10.8. The largest absolute Gasteiger partial charge is 0.288 e. The van der Waals surface area contributed by atoms with Crippen molar-refractivity contribution in [1.29, 1.82) is 5.26 Å². The molecule has 0 radical (unpaired) electrons. The SMILES string of the molecule is C=CN(NC)/C(=C\C#N)C1CCCC1. The molecule has 14 heavy (non-hydrogen) atoms. The smallest absolute Gasteiger partial charge is 0.0931 e. The number of allylic oxidation sites excluding steroid dienone is 2. The summed E-state index contributed by atoms with van der Waals surface area (Å²) < 4.78 is 0. The van der Waals surface area contributed by atoms with Crippen LogP contribution in [0.4, 0.5) is 0 Å². The van der Waals surface area contributed by atoms with E-state index < -0.39 is 0 Å². The van der Waals surface area contributed by atoms with E-state index in [1.54, 1.807) is 12.3 Å². The predicted molar refractivity (Wildman–Crippen MR) is 56.7 cm³/mol. The molecule has 1 N–H and O–H groups in total. The summed E-state index contributed by atoms with van der Waals surface area (Å²) in [6.07, 6.45) is 8.22. The van der Waals surface area contributed by atoms with E-state index in [1.165, 1.54) is 25.7 Å². The maximum atomic E-state index is 8.72. The van der Waals surface area contributed by atoms with E-state index >= 15 is 0 Å². The molecule has 1 fully saturated rings. The lowest BCUT2D eigenvalue weighted by Crippen LogP contribution is -2.31.